The van der Waals surface area contributed by atoms with Gasteiger partial charge in [-0.2, -0.15) is 0 Å². The van der Waals surface area contributed by atoms with Gasteiger partial charge in [-0.25, -0.2) is 0 Å². The van der Waals surface area contributed by atoms with Crippen molar-refractivity contribution in [3.05, 3.63) is 95.0 Å². The van der Waals surface area contributed by atoms with Gasteiger partial charge in [0.25, 0.3) is 0 Å². The van der Waals surface area contributed by atoms with Gasteiger partial charge in [-0.3, -0.25) is 4.79 Å². The van der Waals surface area contributed by atoms with Crippen LogP contribution in [-0.4, -0.2) is 10.4 Å². The van der Waals surface area contributed by atoms with E-state index in [1.54, 1.807) is 23.5 Å². The second-order valence-corrected chi connectivity index (χ2v) is 9.22. The highest BCUT2D eigenvalue weighted by Crippen LogP contribution is 2.38. The maximum atomic E-state index is 12.8. The molecular formula is C22H19ClOS2. The number of carbonyl (C=O) groups is 1. The van der Waals surface area contributed by atoms with Gasteiger partial charge in [0, 0.05) is 26.8 Å². The van der Waals surface area contributed by atoms with Crippen LogP contribution in [0.2, 0.25) is 5.02 Å². The first-order valence-corrected chi connectivity index (χ1v) is 10.5. The minimum atomic E-state index is 0.0738. The molecule has 0 aliphatic carbocycles. The van der Waals surface area contributed by atoms with E-state index < -0.39 is 0 Å². The summed E-state index contributed by atoms with van der Waals surface area (Å²) in [6, 6.07) is 25.8. The van der Waals surface area contributed by atoms with Crippen molar-refractivity contribution in [2.75, 3.05) is 0 Å². The third kappa shape index (κ3) is 5.66. The highest BCUT2D eigenvalue weighted by Gasteiger charge is 2.18. The normalized spacial score (nSPS) is 11.9. The number of carbonyl (C=O) groups excluding carboxylic acids is 1. The molecule has 0 radical (unpaired) electrons. The van der Waals surface area contributed by atoms with Crippen molar-refractivity contribution in [2.45, 2.75) is 27.7 Å². The Morgan fingerprint density at radius 2 is 1.54 bits per heavy atom. The van der Waals surface area contributed by atoms with Gasteiger partial charge in [-0.1, -0.05) is 65.7 Å². The molecule has 3 rings (SSSR count). The number of thioether (sulfide) groups is 2. The summed E-state index contributed by atoms with van der Waals surface area (Å²) in [5, 5.41) is 0.711. The number of ketones is 1. The molecule has 1 atom stereocenters. The molecule has 1 nitrogen and oxygen atoms in total. The lowest BCUT2D eigenvalue weighted by molar-refractivity contribution is 0.0987. The number of halogens is 1. The molecule has 0 saturated heterocycles. The van der Waals surface area contributed by atoms with E-state index in [9.17, 15) is 4.79 Å². The molecule has 0 fully saturated rings. The molecule has 0 spiro atoms. The highest BCUT2D eigenvalue weighted by atomic mass is 35.5. The Morgan fingerprint density at radius 3 is 2.23 bits per heavy atom. The van der Waals surface area contributed by atoms with E-state index in [2.05, 4.69) is 12.1 Å². The fourth-order valence-corrected chi connectivity index (χ4v) is 5.32. The standard InChI is InChI=1S/C22H19ClOS2/c1-16-10-12-17(13-11-16)21(24)15-22(25-19-7-3-2-4-8-19)26-20-9-5-6-18(23)14-20/h2-14,22H,15H2,1H3. The van der Waals surface area contributed by atoms with E-state index in [4.69, 9.17) is 11.6 Å². The van der Waals surface area contributed by atoms with Crippen molar-refractivity contribution in [1.82, 2.24) is 0 Å². The van der Waals surface area contributed by atoms with Crippen molar-refractivity contribution in [2.24, 2.45) is 0 Å². The van der Waals surface area contributed by atoms with Gasteiger partial charge in [-0.05, 0) is 37.3 Å². The summed E-state index contributed by atoms with van der Waals surface area (Å²) < 4.78 is 0.0738. The molecule has 0 aliphatic heterocycles. The Morgan fingerprint density at radius 1 is 0.885 bits per heavy atom. The molecule has 1 unspecified atom stereocenters. The molecule has 0 bridgehead atoms. The van der Waals surface area contributed by atoms with Crippen LogP contribution in [0.15, 0.2) is 88.7 Å². The molecule has 0 amide bonds. The van der Waals surface area contributed by atoms with Gasteiger partial charge in [0.1, 0.15) is 0 Å². The van der Waals surface area contributed by atoms with Crippen molar-refractivity contribution >= 4 is 40.9 Å². The molecular weight excluding hydrogens is 380 g/mol. The van der Waals surface area contributed by atoms with Crippen LogP contribution in [0.5, 0.6) is 0 Å². The summed E-state index contributed by atoms with van der Waals surface area (Å²) in [4.78, 5) is 15.0. The number of rotatable bonds is 7. The van der Waals surface area contributed by atoms with Crippen LogP contribution in [0, 0.1) is 6.92 Å². The van der Waals surface area contributed by atoms with Crippen molar-refractivity contribution in [3.63, 3.8) is 0 Å². The first-order chi connectivity index (χ1) is 12.6. The lowest BCUT2D eigenvalue weighted by Gasteiger charge is -2.16. The zero-order valence-corrected chi connectivity index (χ0v) is 16.8. The minimum absolute atomic E-state index is 0.0738. The summed E-state index contributed by atoms with van der Waals surface area (Å²) >= 11 is 9.51. The smallest absolute Gasteiger partial charge is 0.164 e. The fourth-order valence-electron chi connectivity index (χ4n) is 2.46. The van der Waals surface area contributed by atoms with E-state index in [-0.39, 0.29) is 10.4 Å². The molecule has 4 heteroatoms. The molecule has 26 heavy (non-hydrogen) atoms. The summed E-state index contributed by atoms with van der Waals surface area (Å²) in [6.07, 6.45) is 0.458. The van der Waals surface area contributed by atoms with E-state index >= 15 is 0 Å². The summed E-state index contributed by atoms with van der Waals surface area (Å²) in [7, 11) is 0. The molecule has 0 heterocycles. The Bertz CT molecular complexity index is 863. The van der Waals surface area contributed by atoms with Gasteiger partial charge in [0.15, 0.2) is 5.78 Å². The van der Waals surface area contributed by atoms with Gasteiger partial charge in [-0.15, -0.1) is 23.5 Å². The molecule has 132 valence electrons. The van der Waals surface area contributed by atoms with Crippen molar-refractivity contribution in [1.29, 1.82) is 0 Å². The minimum Gasteiger partial charge on any atom is -0.294 e. The van der Waals surface area contributed by atoms with Gasteiger partial charge >= 0.3 is 0 Å². The molecule has 3 aromatic rings. The first-order valence-electron chi connectivity index (χ1n) is 8.34. The maximum Gasteiger partial charge on any atom is 0.164 e. The predicted molar refractivity (Wildman–Crippen MR) is 114 cm³/mol. The number of hydrogen-bond acceptors (Lipinski definition) is 3. The molecule has 0 N–H and O–H groups in total. The van der Waals surface area contributed by atoms with Gasteiger partial charge in [0.2, 0.25) is 0 Å². The van der Waals surface area contributed by atoms with Crippen molar-refractivity contribution < 1.29 is 4.79 Å². The Balaban J connectivity index is 1.77. The summed E-state index contributed by atoms with van der Waals surface area (Å²) in [6.45, 7) is 2.03. The molecule has 3 aromatic carbocycles. The number of Topliss-reactive ketones (excluding diaryl/α,β-unsaturated/α-hetero) is 1. The third-order valence-corrected chi connectivity index (χ3v) is 6.54. The Hall–Kier alpha value is -1.68. The second-order valence-electron chi connectivity index (χ2n) is 5.93. The Kier molecular flexibility index (Phi) is 6.84. The highest BCUT2D eigenvalue weighted by molar-refractivity contribution is 8.17. The number of benzene rings is 3. The number of aryl methyl sites for hydroxylation is 1. The van der Waals surface area contributed by atoms with Gasteiger partial charge in [0.05, 0.1) is 4.58 Å². The van der Waals surface area contributed by atoms with E-state index in [1.165, 1.54) is 0 Å². The first kappa shape index (κ1) is 19.1. The topological polar surface area (TPSA) is 17.1 Å². The predicted octanol–water partition coefficient (Wildman–Crippen LogP) is 7.13. The summed E-state index contributed by atoms with van der Waals surface area (Å²) in [5.74, 6) is 0.160. The molecule has 0 aliphatic rings. The van der Waals surface area contributed by atoms with E-state index in [1.807, 2.05) is 73.7 Å². The van der Waals surface area contributed by atoms with Crippen LogP contribution in [0.25, 0.3) is 0 Å². The molecule has 0 aromatic heterocycles. The zero-order chi connectivity index (χ0) is 18.4. The van der Waals surface area contributed by atoms with Crippen LogP contribution in [0.3, 0.4) is 0 Å². The van der Waals surface area contributed by atoms with E-state index in [0.717, 1.165) is 20.9 Å². The quantitative estimate of drug-likeness (QED) is 0.239. The largest absolute Gasteiger partial charge is 0.294 e. The number of hydrogen-bond donors (Lipinski definition) is 0. The van der Waals surface area contributed by atoms with Crippen LogP contribution in [0.1, 0.15) is 22.3 Å². The van der Waals surface area contributed by atoms with Gasteiger partial charge < -0.3 is 0 Å². The monoisotopic (exact) mass is 398 g/mol. The van der Waals surface area contributed by atoms with E-state index in [0.29, 0.717) is 11.4 Å². The van der Waals surface area contributed by atoms with Crippen LogP contribution in [0.4, 0.5) is 0 Å². The lowest BCUT2D eigenvalue weighted by atomic mass is 10.1. The molecule has 0 saturated carbocycles. The zero-order valence-electron chi connectivity index (χ0n) is 14.4. The van der Waals surface area contributed by atoms with Crippen LogP contribution < -0.4 is 0 Å². The average molecular weight is 399 g/mol. The third-order valence-electron chi connectivity index (χ3n) is 3.80. The SMILES string of the molecule is Cc1ccc(C(=O)CC(Sc2ccccc2)Sc2cccc(Cl)c2)cc1. The second kappa shape index (κ2) is 9.31. The summed E-state index contributed by atoms with van der Waals surface area (Å²) in [5.41, 5.74) is 1.92. The average Bonchev–Trinajstić information content (AvgIpc) is 2.63. The lowest BCUT2D eigenvalue weighted by Crippen LogP contribution is -2.08. The maximum absolute atomic E-state index is 12.8. The van der Waals surface area contributed by atoms with Crippen LogP contribution >= 0.6 is 35.1 Å². The van der Waals surface area contributed by atoms with Crippen molar-refractivity contribution in [3.8, 4) is 0 Å². The fraction of sp³-hybridized carbons (Fsp3) is 0.136. The Labute approximate surface area is 168 Å². The van der Waals surface area contributed by atoms with Crippen LogP contribution in [-0.2, 0) is 0 Å².